The minimum Gasteiger partial charge on any atom is -0.494 e. The average molecular weight is 590 g/mol. The molecule has 1 fully saturated rings. The monoisotopic (exact) mass is 589 g/mol. The van der Waals surface area contributed by atoms with Gasteiger partial charge in [-0.3, -0.25) is 4.90 Å². The molecule has 38 heavy (non-hydrogen) atoms. The topological polar surface area (TPSA) is 124 Å². The molecular weight excluding hydrogens is 556 g/mol. The van der Waals surface area contributed by atoms with Crippen LogP contribution in [-0.4, -0.2) is 78.9 Å². The molecule has 2 aromatic carbocycles. The van der Waals surface area contributed by atoms with Crippen molar-refractivity contribution in [3.63, 3.8) is 0 Å². The molecule has 0 saturated carbocycles. The Kier molecular flexibility index (Phi) is 12.1. The predicted octanol–water partition coefficient (Wildman–Crippen LogP) is 4.64. The van der Waals surface area contributed by atoms with Gasteiger partial charge in [-0.05, 0) is 49.6 Å². The van der Waals surface area contributed by atoms with E-state index in [0.717, 1.165) is 81.8 Å². The summed E-state index contributed by atoms with van der Waals surface area (Å²) in [6, 6.07) is 11.6. The normalized spacial score (nSPS) is 15.7. The lowest BCUT2D eigenvalue weighted by Gasteiger charge is -2.36. The fourth-order valence-corrected chi connectivity index (χ4v) is 4.83. The van der Waals surface area contributed by atoms with Crippen molar-refractivity contribution >= 4 is 48.3 Å². The second-order valence-electron chi connectivity index (χ2n) is 8.64. The molecule has 0 amide bonds. The molecule has 2 aliphatic rings. The summed E-state index contributed by atoms with van der Waals surface area (Å²) in [6.07, 6.45) is 3.24. The van der Waals surface area contributed by atoms with Gasteiger partial charge in [0, 0.05) is 45.8 Å². The molecule has 0 radical (unpaired) electrons. The van der Waals surface area contributed by atoms with Crippen LogP contribution in [-0.2, 0) is 20.2 Å². The van der Waals surface area contributed by atoms with Gasteiger partial charge in [-0.2, -0.15) is 0 Å². The molecule has 210 valence electrons. The van der Waals surface area contributed by atoms with Gasteiger partial charge in [0.1, 0.15) is 5.75 Å². The quantitative estimate of drug-likeness (QED) is 0.206. The Hall–Kier alpha value is -1.88. The number of hydrogen-bond acceptors (Lipinski definition) is 8. The second kappa shape index (κ2) is 15.1. The number of phosphoric acid groups is 1. The van der Waals surface area contributed by atoms with Crippen molar-refractivity contribution in [1.29, 1.82) is 0 Å². The SMILES string of the molecule is CO.O=P(O)(O)OCOC1=Nc2cc(OCCCCN3CCN(c4cccc(Cl)c4Cl)CC3)ccc2CC1. The number of unbranched alkanes of at least 4 members (excludes halogenated alkanes) is 1. The number of piperazine rings is 1. The van der Waals surface area contributed by atoms with E-state index in [4.69, 9.17) is 47.6 Å². The average Bonchev–Trinajstić information content (AvgIpc) is 2.91. The van der Waals surface area contributed by atoms with E-state index in [2.05, 4.69) is 19.3 Å². The number of fused-ring (bicyclic) bond motifs is 1. The van der Waals surface area contributed by atoms with Crippen LogP contribution in [0.4, 0.5) is 11.4 Å². The number of halogens is 2. The molecule has 0 spiro atoms. The molecule has 4 rings (SSSR count). The fourth-order valence-electron chi connectivity index (χ4n) is 4.22. The zero-order valence-electron chi connectivity index (χ0n) is 21.3. The Balaban J connectivity index is 0.00000195. The third-order valence-corrected chi connectivity index (χ3v) is 7.39. The highest BCUT2D eigenvalue weighted by Crippen LogP contribution is 2.36. The molecule has 0 bridgehead atoms. The van der Waals surface area contributed by atoms with Gasteiger partial charge in [-0.15, -0.1) is 0 Å². The summed E-state index contributed by atoms with van der Waals surface area (Å²) < 4.78 is 26.3. The van der Waals surface area contributed by atoms with Crippen molar-refractivity contribution < 1.29 is 33.5 Å². The molecule has 0 aliphatic carbocycles. The van der Waals surface area contributed by atoms with Gasteiger partial charge in [0.25, 0.3) is 0 Å². The number of ether oxygens (including phenoxy) is 2. The van der Waals surface area contributed by atoms with E-state index < -0.39 is 14.6 Å². The zero-order chi connectivity index (χ0) is 27.5. The third kappa shape index (κ3) is 9.39. The maximum atomic E-state index is 10.8. The number of benzene rings is 2. The number of aryl methyl sites for hydroxylation is 1. The van der Waals surface area contributed by atoms with Crippen LogP contribution in [0.15, 0.2) is 41.4 Å². The Morgan fingerprint density at radius 1 is 1.00 bits per heavy atom. The number of nitrogens with zero attached hydrogens (tertiary/aromatic N) is 3. The summed E-state index contributed by atoms with van der Waals surface area (Å²) in [5.41, 5.74) is 2.81. The van der Waals surface area contributed by atoms with Crippen LogP contribution in [0.3, 0.4) is 0 Å². The predicted molar refractivity (Wildman–Crippen MR) is 149 cm³/mol. The number of hydrogen-bond donors (Lipinski definition) is 3. The first-order valence-corrected chi connectivity index (χ1v) is 14.6. The van der Waals surface area contributed by atoms with Crippen LogP contribution < -0.4 is 9.64 Å². The van der Waals surface area contributed by atoms with E-state index in [0.29, 0.717) is 29.0 Å². The van der Waals surface area contributed by atoms with Crippen molar-refractivity contribution in [1.82, 2.24) is 4.90 Å². The molecule has 2 aromatic rings. The smallest absolute Gasteiger partial charge is 0.472 e. The van der Waals surface area contributed by atoms with Gasteiger partial charge in [-0.25, -0.2) is 14.1 Å². The first kappa shape index (κ1) is 30.7. The summed E-state index contributed by atoms with van der Waals surface area (Å²) in [4.78, 5) is 26.7. The first-order chi connectivity index (χ1) is 18.3. The number of anilines is 1. The summed E-state index contributed by atoms with van der Waals surface area (Å²) in [5.74, 6) is 1.11. The summed E-state index contributed by atoms with van der Waals surface area (Å²) in [5, 5.41) is 8.21. The molecule has 0 unspecified atom stereocenters. The highest BCUT2D eigenvalue weighted by atomic mass is 35.5. The van der Waals surface area contributed by atoms with E-state index in [1.807, 2.05) is 36.4 Å². The summed E-state index contributed by atoms with van der Waals surface area (Å²) in [7, 11) is -3.57. The minimum absolute atomic E-state index is 0.380. The molecule has 2 aliphatic heterocycles. The summed E-state index contributed by atoms with van der Waals surface area (Å²) >= 11 is 12.5. The minimum atomic E-state index is -4.57. The highest BCUT2D eigenvalue weighted by molar-refractivity contribution is 7.46. The number of phosphoric ester groups is 1. The third-order valence-electron chi connectivity index (χ3n) is 6.14. The van der Waals surface area contributed by atoms with E-state index in [1.54, 1.807) is 0 Å². The van der Waals surface area contributed by atoms with Gasteiger partial charge >= 0.3 is 7.82 Å². The number of aliphatic hydroxyl groups is 1. The molecule has 1 saturated heterocycles. The van der Waals surface area contributed by atoms with Crippen molar-refractivity contribution in [3.8, 4) is 5.75 Å². The number of rotatable bonds is 10. The molecule has 3 N–H and O–H groups in total. The Labute approximate surface area is 233 Å². The molecule has 0 aromatic heterocycles. The largest absolute Gasteiger partial charge is 0.494 e. The van der Waals surface area contributed by atoms with Gasteiger partial charge in [0.2, 0.25) is 6.79 Å². The van der Waals surface area contributed by atoms with Gasteiger partial charge in [0.05, 0.1) is 28.0 Å². The lowest BCUT2D eigenvalue weighted by molar-refractivity contribution is 0.0724. The second-order valence-corrected chi connectivity index (χ2v) is 10.7. The maximum absolute atomic E-state index is 10.8. The van der Waals surface area contributed by atoms with Gasteiger partial charge in [-0.1, -0.05) is 35.3 Å². The Morgan fingerprint density at radius 3 is 2.50 bits per heavy atom. The fraction of sp³-hybridized carbons (Fsp3) is 0.480. The molecule has 0 atom stereocenters. The van der Waals surface area contributed by atoms with Crippen molar-refractivity contribution in [2.24, 2.45) is 4.99 Å². The van der Waals surface area contributed by atoms with Gasteiger partial charge < -0.3 is 29.3 Å². The summed E-state index contributed by atoms with van der Waals surface area (Å²) in [6.45, 7) is 4.89. The number of aliphatic imine (C=N–C) groups is 1. The Bertz CT molecular complexity index is 1120. The zero-order valence-corrected chi connectivity index (χ0v) is 23.7. The van der Waals surface area contributed by atoms with Crippen LogP contribution in [0.5, 0.6) is 5.75 Å². The van der Waals surface area contributed by atoms with E-state index in [-0.39, 0.29) is 0 Å². The molecule has 10 nitrogen and oxygen atoms in total. The molecule has 13 heteroatoms. The van der Waals surface area contributed by atoms with Crippen molar-refractivity contribution in [3.05, 3.63) is 52.0 Å². The van der Waals surface area contributed by atoms with E-state index in [1.165, 1.54) is 0 Å². The van der Waals surface area contributed by atoms with E-state index in [9.17, 15) is 4.57 Å². The van der Waals surface area contributed by atoms with Crippen molar-refractivity contribution in [2.75, 3.05) is 58.1 Å². The number of aliphatic hydroxyl groups excluding tert-OH is 1. The highest BCUT2D eigenvalue weighted by Gasteiger charge is 2.20. The standard InChI is InChI=1S/C24H30Cl2N3O6P.CH4O/c25-20-4-3-5-22(24(20)26)29-13-11-28(12-14-29)10-1-2-15-33-19-8-6-18-7-9-23(27-21(18)16-19)34-17-35-36(30,31)32;1-2/h3-6,8,16H,1-2,7,9-15,17H2,(H2,30,31,32);2H,1H3. The first-order valence-electron chi connectivity index (χ1n) is 12.3. The van der Waals surface area contributed by atoms with Crippen LogP contribution >= 0.6 is 31.0 Å². The van der Waals surface area contributed by atoms with E-state index >= 15 is 0 Å². The molecule has 2 heterocycles. The van der Waals surface area contributed by atoms with Crippen LogP contribution in [0, 0.1) is 0 Å². The molecular formula is C25H34Cl2N3O7P. The van der Waals surface area contributed by atoms with Gasteiger partial charge in [0.15, 0.2) is 5.90 Å². The van der Waals surface area contributed by atoms with Crippen LogP contribution in [0.25, 0.3) is 0 Å². The lowest BCUT2D eigenvalue weighted by Crippen LogP contribution is -2.46. The Morgan fingerprint density at radius 2 is 1.76 bits per heavy atom. The van der Waals surface area contributed by atoms with Crippen LogP contribution in [0.1, 0.15) is 24.8 Å². The van der Waals surface area contributed by atoms with Crippen LogP contribution in [0.2, 0.25) is 10.0 Å². The van der Waals surface area contributed by atoms with Crippen molar-refractivity contribution in [2.45, 2.75) is 25.7 Å². The lowest BCUT2D eigenvalue weighted by atomic mass is 10.0. The maximum Gasteiger partial charge on any atom is 0.472 e.